The van der Waals surface area contributed by atoms with E-state index in [-0.39, 0.29) is 29.5 Å². The Morgan fingerprint density at radius 1 is 0.829 bits per heavy atom. The van der Waals surface area contributed by atoms with Crippen LogP contribution in [0.4, 0.5) is 0 Å². The van der Waals surface area contributed by atoms with Crippen LogP contribution in [0.3, 0.4) is 0 Å². The van der Waals surface area contributed by atoms with Gasteiger partial charge < -0.3 is 9.64 Å². The summed E-state index contributed by atoms with van der Waals surface area (Å²) in [5.41, 5.74) is 2.07. The van der Waals surface area contributed by atoms with E-state index >= 15 is 0 Å². The van der Waals surface area contributed by atoms with Crippen molar-refractivity contribution in [3.8, 4) is 5.75 Å². The fraction of sp³-hybridized carbons (Fsp3) is 0.321. The van der Waals surface area contributed by atoms with Crippen molar-refractivity contribution in [1.82, 2.24) is 9.21 Å². The normalized spacial score (nSPS) is 14.5. The first-order valence-electron chi connectivity index (χ1n) is 12.0. The Labute approximate surface area is 208 Å². The summed E-state index contributed by atoms with van der Waals surface area (Å²) in [5, 5.41) is 0. The van der Waals surface area contributed by atoms with E-state index in [0.717, 1.165) is 36.8 Å². The highest BCUT2D eigenvalue weighted by atomic mass is 32.2. The van der Waals surface area contributed by atoms with Gasteiger partial charge in [0.2, 0.25) is 10.0 Å². The number of nitrogens with zero attached hydrogens (tertiary/aromatic N) is 2. The lowest BCUT2D eigenvalue weighted by atomic mass is 10.1. The SMILES string of the molecule is COc1ccc(S(=O)(=O)N(Cc2ccccc2)Cc2ccccc2)cc1C(=O)N1CCCCCC1. The van der Waals surface area contributed by atoms with E-state index < -0.39 is 10.0 Å². The van der Waals surface area contributed by atoms with Crippen molar-refractivity contribution >= 4 is 15.9 Å². The third-order valence-electron chi connectivity index (χ3n) is 6.34. The summed E-state index contributed by atoms with van der Waals surface area (Å²) in [4.78, 5) is 15.3. The Morgan fingerprint density at radius 2 is 1.37 bits per heavy atom. The average Bonchev–Trinajstić information content (AvgIpc) is 3.18. The lowest BCUT2D eigenvalue weighted by molar-refractivity contribution is 0.0758. The summed E-state index contributed by atoms with van der Waals surface area (Å²) in [6, 6.07) is 23.6. The van der Waals surface area contributed by atoms with Gasteiger partial charge in [0.1, 0.15) is 5.75 Å². The largest absolute Gasteiger partial charge is 0.496 e. The number of ether oxygens (including phenoxy) is 1. The van der Waals surface area contributed by atoms with E-state index in [4.69, 9.17) is 4.74 Å². The van der Waals surface area contributed by atoms with Crippen LogP contribution in [0, 0.1) is 0 Å². The standard InChI is InChI=1S/C28H32N2O4S/c1-34-27-17-16-25(20-26(27)28(31)29-18-10-2-3-11-19-29)35(32,33)30(21-23-12-6-4-7-13-23)22-24-14-8-5-9-15-24/h4-9,12-17,20H,2-3,10-11,18-19,21-22H2,1H3. The molecule has 1 saturated heterocycles. The molecule has 3 aromatic rings. The summed E-state index contributed by atoms with van der Waals surface area (Å²) in [6.45, 7) is 1.79. The molecule has 1 amide bonds. The molecule has 1 heterocycles. The van der Waals surface area contributed by atoms with E-state index in [1.807, 2.05) is 65.6 Å². The van der Waals surface area contributed by atoms with Crippen LogP contribution in [-0.2, 0) is 23.1 Å². The molecular formula is C28H32N2O4S. The molecule has 0 spiro atoms. The Hall–Kier alpha value is -3.16. The van der Waals surface area contributed by atoms with Crippen molar-refractivity contribution < 1.29 is 17.9 Å². The summed E-state index contributed by atoms with van der Waals surface area (Å²) in [6.07, 6.45) is 4.11. The molecule has 35 heavy (non-hydrogen) atoms. The van der Waals surface area contributed by atoms with Crippen molar-refractivity contribution in [2.24, 2.45) is 0 Å². The minimum Gasteiger partial charge on any atom is -0.496 e. The zero-order valence-corrected chi connectivity index (χ0v) is 20.9. The van der Waals surface area contributed by atoms with Crippen molar-refractivity contribution in [3.05, 3.63) is 95.6 Å². The maximum Gasteiger partial charge on any atom is 0.257 e. The van der Waals surface area contributed by atoms with Crippen LogP contribution in [0.2, 0.25) is 0 Å². The third kappa shape index (κ3) is 6.10. The molecule has 0 radical (unpaired) electrons. The molecule has 0 atom stereocenters. The van der Waals surface area contributed by atoms with Gasteiger partial charge in [-0.15, -0.1) is 0 Å². The monoisotopic (exact) mass is 492 g/mol. The molecule has 0 bridgehead atoms. The molecule has 184 valence electrons. The van der Waals surface area contributed by atoms with Crippen LogP contribution >= 0.6 is 0 Å². The number of rotatable bonds is 8. The van der Waals surface area contributed by atoms with Gasteiger partial charge in [-0.2, -0.15) is 4.31 Å². The summed E-state index contributed by atoms with van der Waals surface area (Å²) in [5.74, 6) is 0.203. The van der Waals surface area contributed by atoms with E-state index in [2.05, 4.69) is 0 Å². The van der Waals surface area contributed by atoms with Crippen LogP contribution in [0.1, 0.15) is 47.2 Å². The summed E-state index contributed by atoms with van der Waals surface area (Å²) in [7, 11) is -2.41. The number of hydrogen-bond acceptors (Lipinski definition) is 4. The fourth-order valence-corrected chi connectivity index (χ4v) is 5.85. The molecule has 0 aromatic heterocycles. The Morgan fingerprint density at radius 3 is 1.89 bits per heavy atom. The molecule has 4 rings (SSSR count). The van der Waals surface area contributed by atoms with E-state index in [1.54, 1.807) is 6.07 Å². The minimum atomic E-state index is -3.91. The van der Waals surface area contributed by atoms with Gasteiger partial charge in [-0.3, -0.25) is 4.79 Å². The number of carbonyl (C=O) groups is 1. The molecule has 6 nitrogen and oxygen atoms in total. The van der Waals surface area contributed by atoms with Crippen LogP contribution in [0.5, 0.6) is 5.75 Å². The number of likely N-dealkylation sites (tertiary alicyclic amines) is 1. The molecule has 1 aliphatic heterocycles. The first kappa shape index (κ1) is 24.9. The number of carbonyl (C=O) groups excluding carboxylic acids is 1. The summed E-state index contributed by atoms with van der Waals surface area (Å²) >= 11 is 0. The second-order valence-corrected chi connectivity index (χ2v) is 10.8. The van der Waals surface area contributed by atoms with Gasteiger partial charge in [0.15, 0.2) is 0 Å². The maximum absolute atomic E-state index is 13.9. The average molecular weight is 493 g/mol. The lowest BCUT2D eigenvalue weighted by Gasteiger charge is -2.24. The van der Waals surface area contributed by atoms with Crippen molar-refractivity contribution in [1.29, 1.82) is 0 Å². The van der Waals surface area contributed by atoms with Crippen LogP contribution in [0.15, 0.2) is 83.8 Å². The predicted molar refractivity (Wildman–Crippen MR) is 137 cm³/mol. The van der Waals surface area contributed by atoms with E-state index in [9.17, 15) is 13.2 Å². The predicted octanol–water partition coefficient (Wildman–Crippen LogP) is 5.10. The highest BCUT2D eigenvalue weighted by Crippen LogP contribution is 2.28. The summed E-state index contributed by atoms with van der Waals surface area (Å²) < 4.78 is 34.7. The molecule has 1 fully saturated rings. The molecule has 0 aliphatic carbocycles. The number of benzene rings is 3. The van der Waals surface area contributed by atoms with Gasteiger partial charge in [-0.1, -0.05) is 73.5 Å². The number of amides is 1. The Bertz CT molecular complexity index is 1180. The van der Waals surface area contributed by atoms with Crippen LogP contribution in [0.25, 0.3) is 0 Å². The molecular weight excluding hydrogens is 460 g/mol. The molecule has 0 saturated carbocycles. The Kier molecular flexibility index (Phi) is 8.21. The first-order chi connectivity index (χ1) is 17.0. The number of sulfonamides is 1. The van der Waals surface area contributed by atoms with Crippen LogP contribution in [-0.4, -0.2) is 43.7 Å². The van der Waals surface area contributed by atoms with E-state index in [0.29, 0.717) is 18.8 Å². The van der Waals surface area contributed by atoms with Crippen molar-refractivity contribution in [3.63, 3.8) is 0 Å². The fourth-order valence-electron chi connectivity index (χ4n) is 4.41. The molecule has 1 aliphatic rings. The van der Waals surface area contributed by atoms with Crippen LogP contribution < -0.4 is 4.74 Å². The quantitative estimate of drug-likeness (QED) is 0.439. The van der Waals surface area contributed by atoms with Gasteiger partial charge in [0, 0.05) is 26.2 Å². The van der Waals surface area contributed by atoms with Crippen molar-refractivity contribution in [2.75, 3.05) is 20.2 Å². The Balaban J connectivity index is 1.70. The zero-order chi connectivity index (χ0) is 24.7. The highest BCUT2D eigenvalue weighted by Gasteiger charge is 2.28. The van der Waals surface area contributed by atoms with Gasteiger partial charge in [-0.05, 0) is 42.2 Å². The first-order valence-corrected chi connectivity index (χ1v) is 13.5. The van der Waals surface area contributed by atoms with Gasteiger partial charge in [0.25, 0.3) is 5.91 Å². The highest BCUT2D eigenvalue weighted by molar-refractivity contribution is 7.89. The zero-order valence-electron chi connectivity index (χ0n) is 20.1. The molecule has 7 heteroatoms. The second-order valence-electron chi connectivity index (χ2n) is 8.81. The topological polar surface area (TPSA) is 66.9 Å². The second kappa shape index (κ2) is 11.5. The number of methoxy groups -OCH3 is 1. The van der Waals surface area contributed by atoms with Gasteiger partial charge in [0.05, 0.1) is 17.6 Å². The number of hydrogen-bond donors (Lipinski definition) is 0. The molecule has 3 aromatic carbocycles. The molecule has 0 unspecified atom stereocenters. The smallest absolute Gasteiger partial charge is 0.257 e. The molecule has 0 N–H and O–H groups in total. The van der Waals surface area contributed by atoms with Gasteiger partial charge in [-0.25, -0.2) is 8.42 Å². The maximum atomic E-state index is 13.9. The third-order valence-corrected chi connectivity index (χ3v) is 8.12. The van der Waals surface area contributed by atoms with Crippen molar-refractivity contribution in [2.45, 2.75) is 43.7 Å². The van der Waals surface area contributed by atoms with Gasteiger partial charge >= 0.3 is 0 Å². The minimum absolute atomic E-state index is 0.0864. The van der Waals surface area contributed by atoms with E-state index in [1.165, 1.54) is 23.5 Å². The lowest BCUT2D eigenvalue weighted by Crippen LogP contribution is -2.33.